The van der Waals surface area contributed by atoms with Crippen LogP contribution in [0.1, 0.15) is 12.8 Å². The number of hydrogen-bond donors (Lipinski definition) is 0. The summed E-state index contributed by atoms with van der Waals surface area (Å²) in [5, 5.41) is 3.20. The minimum absolute atomic E-state index is 0.648. The van der Waals surface area contributed by atoms with Gasteiger partial charge in [0.2, 0.25) is 0 Å². The van der Waals surface area contributed by atoms with Gasteiger partial charge in [0.15, 0.2) is 5.13 Å². The summed E-state index contributed by atoms with van der Waals surface area (Å²) in [7, 11) is 0. The highest BCUT2D eigenvalue weighted by Crippen LogP contribution is 2.24. The molecule has 1 aromatic heterocycles. The summed E-state index contributed by atoms with van der Waals surface area (Å²) < 4.78 is 0. The molecule has 2 rings (SSSR count). The first-order valence-corrected chi connectivity index (χ1v) is 5.94. The summed E-state index contributed by atoms with van der Waals surface area (Å²) in [6.07, 6.45) is 4.44. The van der Waals surface area contributed by atoms with Crippen LogP contribution < -0.4 is 4.90 Å². The van der Waals surface area contributed by atoms with Crippen molar-refractivity contribution in [3.63, 3.8) is 0 Å². The molecule has 2 nitrogen and oxygen atoms in total. The number of hydrogen-bond acceptors (Lipinski definition) is 3. The Hall–Kier alpha value is -0.0900. The van der Waals surface area contributed by atoms with E-state index in [4.69, 9.17) is 0 Å². The Morgan fingerprint density at radius 3 is 3.25 bits per heavy atom. The van der Waals surface area contributed by atoms with Crippen molar-refractivity contribution in [1.29, 1.82) is 0 Å². The predicted octanol–water partition coefficient (Wildman–Crippen LogP) is 2.51. The molecule has 1 saturated heterocycles. The Balaban J connectivity index is 2.04. The number of halogens is 1. The zero-order chi connectivity index (χ0) is 8.39. The molecule has 1 fully saturated rings. The minimum atomic E-state index is 0.648. The zero-order valence-corrected chi connectivity index (χ0v) is 9.14. The van der Waals surface area contributed by atoms with Crippen molar-refractivity contribution in [3.8, 4) is 0 Å². The molecule has 1 aliphatic rings. The normalized spacial score (nSPS) is 24.4. The van der Waals surface area contributed by atoms with Crippen LogP contribution in [0.3, 0.4) is 0 Å². The van der Waals surface area contributed by atoms with E-state index >= 15 is 0 Å². The van der Waals surface area contributed by atoms with Crippen LogP contribution in [-0.4, -0.2) is 22.9 Å². The van der Waals surface area contributed by atoms with Gasteiger partial charge in [-0.1, -0.05) is 15.9 Å². The summed E-state index contributed by atoms with van der Waals surface area (Å²) in [6.45, 7) is 2.27. The van der Waals surface area contributed by atoms with Gasteiger partial charge in [-0.05, 0) is 12.8 Å². The first-order valence-electron chi connectivity index (χ1n) is 4.15. The van der Waals surface area contributed by atoms with Gasteiger partial charge in [-0.3, -0.25) is 0 Å². The van der Waals surface area contributed by atoms with Gasteiger partial charge in [-0.2, -0.15) is 0 Å². The minimum Gasteiger partial charge on any atom is -0.347 e. The molecule has 66 valence electrons. The fourth-order valence-corrected chi connectivity index (χ4v) is 2.82. The lowest BCUT2D eigenvalue weighted by Gasteiger charge is -2.29. The Kier molecular flexibility index (Phi) is 2.66. The molecule has 1 aliphatic heterocycles. The van der Waals surface area contributed by atoms with Gasteiger partial charge in [0.05, 0.1) is 0 Å². The van der Waals surface area contributed by atoms with Crippen molar-refractivity contribution in [1.82, 2.24) is 4.98 Å². The second kappa shape index (κ2) is 3.75. The first kappa shape index (κ1) is 8.51. The smallest absolute Gasteiger partial charge is 0.185 e. The monoisotopic (exact) mass is 246 g/mol. The van der Waals surface area contributed by atoms with Crippen LogP contribution in [0.4, 0.5) is 5.13 Å². The average molecular weight is 247 g/mol. The molecule has 0 spiro atoms. The molecule has 0 radical (unpaired) electrons. The van der Waals surface area contributed by atoms with Gasteiger partial charge < -0.3 is 4.90 Å². The van der Waals surface area contributed by atoms with E-state index in [0.29, 0.717) is 4.83 Å². The van der Waals surface area contributed by atoms with Crippen LogP contribution in [-0.2, 0) is 0 Å². The van der Waals surface area contributed by atoms with Gasteiger partial charge in [0.25, 0.3) is 0 Å². The van der Waals surface area contributed by atoms with Crippen LogP contribution in [0.25, 0.3) is 0 Å². The van der Waals surface area contributed by atoms with Crippen molar-refractivity contribution >= 4 is 32.4 Å². The van der Waals surface area contributed by atoms with Crippen LogP contribution in [0.2, 0.25) is 0 Å². The van der Waals surface area contributed by atoms with Gasteiger partial charge in [0, 0.05) is 29.5 Å². The van der Waals surface area contributed by atoms with E-state index in [-0.39, 0.29) is 0 Å². The predicted molar refractivity (Wildman–Crippen MR) is 56.3 cm³/mol. The maximum absolute atomic E-state index is 4.30. The third-order valence-electron chi connectivity index (χ3n) is 2.05. The molecule has 4 heteroatoms. The van der Waals surface area contributed by atoms with E-state index in [2.05, 4.69) is 25.8 Å². The number of anilines is 1. The molecule has 1 unspecified atom stereocenters. The third-order valence-corrected chi connectivity index (χ3v) is 3.63. The van der Waals surface area contributed by atoms with Crippen molar-refractivity contribution in [2.75, 3.05) is 18.0 Å². The summed E-state index contributed by atoms with van der Waals surface area (Å²) in [4.78, 5) is 7.30. The molecule has 12 heavy (non-hydrogen) atoms. The lowest BCUT2D eigenvalue weighted by molar-refractivity contribution is 0.595. The Morgan fingerprint density at radius 1 is 1.67 bits per heavy atom. The average Bonchev–Trinajstić information content (AvgIpc) is 2.56. The highest BCUT2D eigenvalue weighted by molar-refractivity contribution is 9.09. The quantitative estimate of drug-likeness (QED) is 0.709. The van der Waals surface area contributed by atoms with Crippen molar-refractivity contribution in [3.05, 3.63) is 11.6 Å². The number of alkyl halides is 1. The van der Waals surface area contributed by atoms with E-state index in [0.717, 1.165) is 13.1 Å². The Labute approximate surface area is 84.7 Å². The van der Waals surface area contributed by atoms with Crippen LogP contribution >= 0.6 is 27.3 Å². The summed E-state index contributed by atoms with van der Waals surface area (Å²) in [5.41, 5.74) is 0. The fourth-order valence-electron chi connectivity index (χ4n) is 1.47. The number of nitrogens with zero attached hydrogens (tertiary/aromatic N) is 2. The fraction of sp³-hybridized carbons (Fsp3) is 0.625. The van der Waals surface area contributed by atoms with Crippen molar-refractivity contribution < 1.29 is 0 Å². The third kappa shape index (κ3) is 1.80. The van der Waals surface area contributed by atoms with Gasteiger partial charge >= 0.3 is 0 Å². The molecule has 0 aliphatic carbocycles. The molecule has 0 saturated carbocycles. The standard InChI is InChI=1S/C8H11BrN2S/c9-7-2-1-4-11(6-7)8-10-3-5-12-8/h3,5,7H,1-2,4,6H2. The summed E-state index contributed by atoms with van der Waals surface area (Å²) in [6, 6.07) is 0. The highest BCUT2D eigenvalue weighted by Gasteiger charge is 2.18. The highest BCUT2D eigenvalue weighted by atomic mass is 79.9. The van der Waals surface area contributed by atoms with E-state index in [1.165, 1.54) is 18.0 Å². The molecule has 0 bridgehead atoms. The molecular weight excluding hydrogens is 236 g/mol. The van der Waals surface area contributed by atoms with E-state index in [1.807, 2.05) is 11.6 Å². The molecule has 1 atom stereocenters. The maximum Gasteiger partial charge on any atom is 0.185 e. The van der Waals surface area contributed by atoms with Gasteiger partial charge in [-0.25, -0.2) is 4.98 Å². The molecular formula is C8H11BrN2S. The van der Waals surface area contributed by atoms with E-state index in [1.54, 1.807) is 11.3 Å². The van der Waals surface area contributed by atoms with Crippen LogP contribution in [0.15, 0.2) is 11.6 Å². The van der Waals surface area contributed by atoms with E-state index < -0.39 is 0 Å². The maximum atomic E-state index is 4.30. The van der Waals surface area contributed by atoms with Crippen LogP contribution in [0, 0.1) is 0 Å². The largest absolute Gasteiger partial charge is 0.347 e. The molecule has 0 N–H and O–H groups in total. The Bertz CT molecular complexity index is 237. The molecule has 0 amide bonds. The van der Waals surface area contributed by atoms with E-state index in [9.17, 15) is 0 Å². The lowest BCUT2D eigenvalue weighted by Crippen LogP contribution is -2.35. The van der Waals surface area contributed by atoms with Crippen LogP contribution in [0.5, 0.6) is 0 Å². The molecule has 0 aromatic carbocycles. The lowest BCUT2D eigenvalue weighted by atomic mass is 10.1. The van der Waals surface area contributed by atoms with Crippen molar-refractivity contribution in [2.24, 2.45) is 0 Å². The molecule has 1 aromatic rings. The molecule has 2 heterocycles. The number of aromatic nitrogens is 1. The second-order valence-electron chi connectivity index (χ2n) is 3.00. The second-order valence-corrected chi connectivity index (χ2v) is 5.17. The zero-order valence-electron chi connectivity index (χ0n) is 6.74. The SMILES string of the molecule is BrC1CCCN(c2nccs2)C1. The van der Waals surface area contributed by atoms with Gasteiger partial charge in [-0.15, -0.1) is 11.3 Å². The first-order chi connectivity index (χ1) is 5.86. The van der Waals surface area contributed by atoms with Gasteiger partial charge in [0.1, 0.15) is 0 Å². The number of piperidine rings is 1. The van der Waals surface area contributed by atoms with Crippen molar-refractivity contribution in [2.45, 2.75) is 17.7 Å². The summed E-state index contributed by atoms with van der Waals surface area (Å²) >= 11 is 5.37. The Morgan fingerprint density at radius 2 is 2.58 bits per heavy atom. The summed E-state index contributed by atoms with van der Waals surface area (Å²) in [5.74, 6) is 0. The number of thiazole rings is 1. The topological polar surface area (TPSA) is 16.1 Å². The number of rotatable bonds is 1.